The van der Waals surface area contributed by atoms with Crippen molar-refractivity contribution >= 4 is 7.25 Å². The lowest BCUT2D eigenvalue weighted by Gasteiger charge is -2.47. The van der Waals surface area contributed by atoms with Crippen LogP contribution in [0.2, 0.25) is 0 Å². The van der Waals surface area contributed by atoms with Crippen LogP contribution in [0.25, 0.3) is 0 Å². The summed E-state index contributed by atoms with van der Waals surface area (Å²) < 4.78 is 40.1. The first-order valence-electron chi connectivity index (χ1n) is 7.87. The second-order valence-electron chi connectivity index (χ2n) is 6.81. The predicted octanol–water partition coefficient (Wildman–Crippen LogP) is 4.28. The van der Waals surface area contributed by atoms with Gasteiger partial charge in [0.2, 0.25) is 0 Å². The molecule has 21 heavy (non-hydrogen) atoms. The van der Waals surface area contributed by atoms with Crippen LogP contribution in [0.5, 0.6) is 0 Å². The van der Waals surface area contributed by atoms with Gasteiger partial charge in [0, 0.05) is 25.7 Å². The first kappa shape index (κ1) is 16.6. The molecule has 0 spiro atoms. The number of nitriles is 1. The molecule has 0 N–H and O–H groups in total. The molecule has 120 valence electrons. The number of nitrogens with zero attached hydrogens (tertiary/aromatic N) is 2. The molecule has 0 amide bonds. The fourth-order valence-corrected chi connectivity index (χ4v) is 4.93. The van der Waals surface area contributed by atoms with Crippen molar-refractivity contribution in [1.29, 1.82) is 5.26 Å². The number of quaternary nitrogens is 1. The maximum Gasteiger partial charge on any atom is 0.673 e. The van der Waals surface area contributed by atoms with Crippen LogP contribution in [0.4, 0.5) is 17.3 Å². The molecule has 1 aliphatic carbocycles. The quantitative estimate of drug-likeness (QED) is 0.403. The van der Waals surface area contributed by atoms with Crippen molar-refractivity contribution in [2.75, 3.05) is 7.05 Å². The average Bonchev–Trinajstić information content (AvgIpc) is 2.88. The van der Waals surface area contributed by atoms with E-state index in [0.717, 1.165) is 16.6 Å². The Labute approximate surface area is 123 Å². The van der Waals surface area contributed by atoms with Gasteiger partial charge in [0.1, 0.15) is 6.07 Å². The van der Waals surface area contributed by atoms with Gasteiger partial charge in [-0.3, -0.25) is 0 Å². The van der Waals surface area contributed by atoms with Crippen LogP contribution in [-0.4, -0.2) is 36.4 Å². The van der Waals surface area contributed by atoms with Gasteiger partial charge < -0.3 is 21.7 Å². The zero-order chi connectivity index (χ0) is 15.7. The molecule has 0 aromatic heterocycles. The summed E-state index contributed by atoms with van der Waals surface area (Å²) in [4.78, 5) is 0. The fraction of sp³-hybridized carbons (Fsp3) is 0.929. The van der Waals surface area contributed by atoms with Crippen molar-refractivity contribution in [3.05, 3.63) is 0 Å². The molecular formula is C14H23BF4N2. The average molecular weight is 306 g/mol. The monoisotopic (exact) mass is 306 g/mol. The molecule has 2 aliphatic heterocycles. The zero-order valence-corrected chi connectivity index (χ0v) is 12.5. The highest BCUT2D eigenvalue weighted by atomic mass is 19.5. The molecular weight excluding hydrogens is 283 g/mol. The Hall–Kier alpha value is -0.765. The highest BCUT2D eigenvalue weighted by Crippen LogP contribution is 2.54. The van der Waals surface area contributed by atoms with Gasteiger partial charge in [0.25, 0.3) is 0 Å². The van der Waals surface area contributed by atoms with Crippen LogP contribution in [-0.2, 0) is 0 Å². The van der Waals surface area contributed by atoms with Crippen molar-refractivity contribution in [2.45, 2.75) is 75.4 Å². The molecule has 2 heterocycles. The van der Waals surface area contributed by atoms with Gasteiger partial charge in [-0.25, -0.2) is 0 Å². The van der Waals surface area contributed by atoms with Crippen molar-refractivity contribution < 1.29 is 21.7 Å². The minimum atomic E-state index is -6.00. The Bertz CT molecular complexity index is 400. The second-order valence-corrected chi connectivity index (χ2v) is 6.81. The molecule has 3 fully saturated rings. The van der Waals surface area contributed by atoms with Gasteiger partial charge in [0.15, 0.2) is 5.54 Å². The Morgan fingerprint density at radius 1 is 0.952 bits per heavy atom. The SMILES string of the molecule is C[N+]1(C2CCCCC2)C2CCC1(C#N)CC2.F[B-](F)(F)F. The summed E-state index contributed by atoms with van der Waals surface area (Å²) in [6, 6.07) is 4.33. The van der Waals surface area contributed by atoms with Crippen LogP contribution in [0, 0.1) is 11.3 Å². The normalized spacial score (nSPS) is 39.5. The minimum absolute atomic E-state index is 0.00662. The Morgan fingerprint density at radius 3 is 1.81 bits per heavy atom. The van der Waals surface area contributed by atoms with Crippen LogP contribution in [0.3, 0.4) is 0 Å². The molecule has 2 nitrogen and oxygen atoms in total. The van der Waals surface area contributed by atoms with Crippen molar-refractivity contribution in [3.8, 4) is 6.07 Å². The van der Waals surface area contributed by atoms with Crippen molar-refractivity contribution in [3.63, 3.8) is 0 Å². The molecule has 0 aromatic rings. The summed E-state index contributed by atoms with van der Waals surface area (Å²) in [6.07, 6.45) is 11.9. The van der Waals surface area contributed by atoms with E-state index in [1.165, 1.54) is 57.8 Å². The summed E-state index contributed by atoms with van der Waals surface area (Å²) in [5.41, 5.74) is 0.00662. The third-order valence-electron chi connectivity index (χ3n) is 6.00. The molecule has 1 saturated carbocycles. The predicted molar refractivity (Wildman–Crippen MR) is 73.8 cm³/mol. The summed E-state index contributed by atoms with van der Waals surface area (Å²) in [6.45, 7) is 0. The lowest BCUT2D eigenvalue weighted by molar-refractivity contribution is -0.970. The van der Waals surface area contributed by atoms with E-state index in [-0.39, 0.29) is 5.54 Å². The van der Waals surface area contributed by atoms with Crippen molar-refractivity contribution in [1.82, 2.24) is 0 Å². The minimum Gasteiger partial charge on any atom is -0.418 e. The lowest BCUT2D eigenvalue weighted by Crippen LogP contribution is -2.62. The summed E-state index contributed by atoms with van der Waals surface area (Å²) in [5.74, 6) is 0. The van der Waals surface area contributed by atoms with E-state index in [9.17, 15) is 22.5 Å². The van der Waals surface area contributed by atoms with E-state index >= 15 is 0 Å². The number of hydrogen-bond acceptors (Lipinski definition) is 1. The molecule has 2 bridgehead atoms. The van der Waals surface area contributed by atoms with Crippen LogP contribution in [0.15, 0.2) is 0 Å². The fourth-order valence-electron chi connectivity index (χ4n) is 4.93. The molecule has 1 atom stereocenters. The van der Waals surface area contributed by atoms with Crippen LogP contribution >= 0.6 is 0 Å². The van der Waals surface area contributed by atoms with Gasteiger partial charge in [-0.2, -0.15) is 5.26 Å². The Kier molecular flexibility index (Phi) is 4.58. The van der Waals surface area contributed by atoms with E-state index in [4.69, 9.17) is 0 Å². The van der Waals surface area contributed by atoms with E-state index < -0.39 is 7.25 Å². The molecule has 7 heteroatoms. The van der Waals surface area contributed by atoms with Crippen LogP contribution in [0.1, 0.15) is 57.8 Å². The zero-order valence-electron chi connectivity index (χ0n) is 12.5. The van der Waals surface area contributed by atoms with E-state index in [2.05, 4.69) is 13.1 Å². The topological polar surface area (TPSA) is 23.8 Å². The molecule has 0 radical (unpaired) electrons. The number of fused-ring (bicyclic) bond motifs is 2. The molecule has 1 unspecified atom stereocenters. The Morgan fingerprint density at radius 2 is 1.38 bits per heavy atom. The first-order chi connectivity index (χ1) is 9.73. The summed E-state index contributed by atoms with van der Waals surface area (Å²) in [5, 5.41) is 9.64. The summed E-state index contributed by atoms with van der Waals surface area (Å²) in [7, 11) is -3.59. The third-order valence-corrected chi connectivity index (χ3v) is 6.00. The van der Waals surface area contributed by atoms with E-state index in [1.807, 2.05) is 0 Å². The molecule has 0 aromatic carbocycles. The highest BCUT2D eigenvalue weighted by molar-refractivity contribution is 6.50. The number of hydrogen-bond donors (Lipinski definition) is 0. The third kappa shape index (κ3) is 3.06. The van der Waals surface area contributed by atoms with Gasteiger partial charge in [-0.05, 0) is 25.7 Å². The standard InChI is InChI=1S/C14H23N2.BF4/c1-16(12-5-3-2-4-6-12)13-7-9-14(16,11-15)10-8-13;2-1(3,4)5/h12-13H,2-10H2,1H3;/q+1;-1. The van der Waals surface area contributed by atoms with Gasteiger partial charge in [-0.15, -0.1) is 0 Å². The number of halogens is 4. The Balaban J connectivity index is 0.000000282. The number of rotatable bonds is 1. The second kappa shape index (κ2) is 5.79. The molecule has 3 aliphatic rings. The van der Waals surface area contributed by atoms with Crippen LogP contribution < -0.4 is 0 Å². The molecule has 3 rings (SSSR count). The lowest BCUT2D eigenvalue weighted by atomic mass is 9.86. The largest absolute Gasteiger partial charge is 0.673 e. The van der Waals surface area contributed by atoms with Gasteiger partial charge in [-0.1, -0.05) is 6.42 Å². The van der Waals surface area contributed by atoms with Gasteiger partial charge >= 0.3 is 7.25 Å². The smallest absolute Gasteiger partial charge is 0.418 e. The van der Waals surface area contributed by atoms with E-state index in [0.29, 0.717) is 0 Å². The maximum absolute atomic E-state index is 9.75. The molecule has 2 saturated heterocycles. The summed E-state index contributed by atoms with van der Waals surface area (Å²) >= 11 is 0. The first-order valence-corrected chi connectivity index (χ1v) is 7.87. The maximum atomic E-state index is 9.75. The van der Waals surface area contributed by atoms with E-state index in [1.54, 1.807) is 0 Å². The van der Waals surface area contributed by atoms with Gasteiger partial charge in [0.05, 0.1) is 19.1 Å². The van der Waals surface area contributed by atoms with Crippen molar-refractivity contribution in [2.24, 2.45) is 0 Å². The highest BCUT2D eigenvalue weighted by Gasteiger charge is 2.65.